The van der Waals surface area contributed by atoms with Gasteiger partial charge in [0, 0.05) is 25.3 Å². The summed E-state index contributed by atoms with van der Waals surface area (Å²) in [5, 5.41) is 17.7. The van der Waals surface area contributed by atoms with E-state index in [-0.39, 0.29) is 13.2 Å². The zero-order chi connectivity index (χ0) is 14.2. The monoisotopic (exact) mass is 275 g/mol. The molecule has 1 unspecified atom stereocenters. The van der Waals surface area contributed by atoms with Crippen molar-refractivity contribution in [3.05, 3.63) is 29.8 Å². The van der Waals surface area contributed by atoms with Gasteiger partial charge in [-0.1, -0.05) is 11.8 Å². The fourth-order valence-corrected chi connectivity index (χ4v) is 2.33. The molecule has 2 rings (SSSR count). The predicted molar refractivity (Wildman–Crippen MR) is 77.5 cm³/mol. The summed E-state index contributed by atoms with van der Waals surface area (Å²) in [4.78, 5) is 2.32. The molecule has 1 heterocycles. The first-order valence-corrected chi connectivity index (χ1v) is 6.97. The molecule has 108 valence electrons. The van der Waals surface area contributed by atoms with E-state index in [1.54, 1.807) is 0 Å². The highest BCUT2D eigenvalue weighted by Gasteiger charge is 2.20. The van der Waals surface area contributed by atoms with Gasteiger partial charge < -0.3 is 14.9 Å². The molecule has 1 fully saturated rings. The van der Waals surface area contributed by atoms with Gasteiger partial charge in [-0.05, 0) is 43.1 Å². The van der Waals surface area contributed by atoms with Gasteiger partial charge in [-0.15, -0.1) is 0 Å². The molecule has 4 nitrogen and oxygen atoms in total. The molecule has 0 amide bonds. The number of benzene rings is 1. The van der Waals surface area contributed by atoms with Crippen LogP contribution in [0.2, 0.25) is 0 Å². The van der Waals surface area contributed by atoms with Crippen LogP contribution < -0.4 is 4.74 Å². The minimum atomic E-state index is -0.122. The Balaban J connectivity index is 1.72. The van der Waals surface area contributed by atoms with Crippen LogP contribution in [0.3, 0.4) is 0 Å². The summed E-state index contributed by atoms with van der Waals surface area (Å²) in [5.74, 6) is 6.72. The van der Waals surface area contributed by atoms with Crippen LogP contribution >= 0.6 is 0 Å². The molecule has 1 aliphatic rings. The summed E-state index contributed by atoms with van der Waals surface area (Å²) >= 11 is 0. The zero-order valence-corrected chi connectivity index (χ0v) is 11.6. The second-order valence-corrected chi connectivity index (χ2v) is 4.97. The van der Waals surface area contributed by atoms with Gasteiger partial charge in [-0.2, -0.15) is 0 Å². The summed E-state index contributed by atoms with van der Waals surface area (Å²) in [6.07, 6.45) is 1.08. The van der Waals surface area contributed by atoms with E-state index in [0.29, 0.717) is 12.5 Å². The Morgan fingerprint density at radius 1 is 1.25 bits per heavy atom. The van der Waals surface area contributed by atoms with Crippen LogP contribution in [-0.2, 0) is 0 Å². The van der Waals surface area contributed by atoms with E-state index in [0.717, 1.165) is 37.4 Å². The lowest BCUT2D eigenvalue weighted by molar-refractivity contribution is 0.204. The van der Waals surface area contributed by atoms with Gasteiger partial charge in [0.2, 0.25) is 0 Å². The first-order valence-electron chi connectivity index (χ1n) is 6.97. The lowest BCUT2D eigenvalue weighted by atomic mass is 10.1. The number of rotatable bonds is 5. The van der Waals surface area contributed by atoms with Crippen LogP contribution in [0.25, 0.3) is 0 Å². The van der Waals surface area contributed by atoms with E-state index < -0.39 is 0 Å². The highest BCUT2D eigenvalue weighted by molar-refractivity contribution is 5.38. The van der Waals surface area contributed by atoms with Crippen molar-refractivity contribution in [2.24, 2.45) is 5.92 Å². The smallest absolute Gasteiger partial charge is 0.119 e. The third-order valence-corrected chi connectivity index (χ3v) is 3.47. The van der Waals surface area contributed by atoms with Gasteiger partial charge in [0.05, 0.1) is 0 Å². The Morgan fingerprint density at radius 2 is 2.05 bits per heavy atom. The Labute approximate surface area is 120 Å². The van der Waals surface area contributed by atoms with Crippen LogP contribution in [-0.4, -0.2) is 54.6 Å². The summed E-state index contributed by atoms with van der Waals surface area (Å²) in [5.41, 5.74) is 0.872. The number of hydrogen-bond donors (Lipinski definition) is 2. The largest absolute Gasteiger partial charge is 0.492 e. The van der Waals surface area contributed by atoms with Gasteiger partial charge in [-0.25, -0.2) is 0 Å². The van der Waals surface area contributed by atoms with Crippen LogP contribution in [0.1, 0.15) is 12.0 Å². The highest BCUT2D eigenvalue weighted by Crippen LogP contribution is 2.15. The zero-order valence-electron chi connectivity index (χ0n) is 11.6. The summed E-state index contributed by atoms with van der Waals surface area (Å²) < 4.78 is 5.69. The van der Waals surface area contributed by atoms with Crippen LogP contribution in [0.5, 0.6) is 5.75 Å². The second-order valence-electron chi connectivity index (χ2n) is 4.97. The van der Waals surface area contributed by atoms with E-state index in [9.17, 15) is 0 Å². The van der Waals surface area contributed by atoms with E-state index in [1.165, 1.54) is 0 Å². The number of nitrogens with zero attached hydrogens (tertiary/aromatic N) is 1. The topological polar surface area (TPSA) is 52.9 Å². The molecule has 0 spiro atoms. The quantitative estimate of drug-likeness (QED) is 0.778. The molecule has 1 aliphatic heterocycles. The third kappa shape index (κ3) is 4.53. The number of ether oxygens (including phenoxy) is 1. The molecule has 0 radical (unpaired) electrons. The molecule has 4 heteroatoms. The summed E-state index contributed by atoms with van der Waals surface area (Å²) in [6.45, 7) is 3.72. The first-order chi connectivity index (χ1) is 9.81. The van der Waals surface area contributed by atoms with Crippen molar-refractivity contribution in [3.63, 3.8) is 0 Å². The number of likely N-dealkylation sites (tertiary alicyclic amines) is 1. The molecule has 1 aromatic carbocycles. The van der Waals surface area contributed by atoms with E-state index in [1.807, 2.05) is 24.3 Å². The normalized spacial score (nSPS) is 18.6. The molecular formula is C16H21NO3. The van der Waals surface area contributed by atoms with Gasteiger partial charge in [-0.3, -0.25) is 4.90 Å². The fraction of sp³-hybridized carbons (Fsp3) is 0.500. The number of aliphatic hydroxyl groups excluding tert-OH is 2. The molecule has 20 heavy (non-hydrogen) atoms. The van der Waals surface area contributed by atoms with E-state index in [2.05, 4.69) is 16.7 Å². The molecule has 1 atom stereocenters. The van der Waals surface area contributed by atoms with Crippen molar-refractivity contribution in [1.82, 2.24) is 4.90 Å². The summed E-state index contributed by atoms with van der Waals surface area (Å²) in [6, 6.07) is 7.55. The maximum atomic E-state index is 9.09. The second kappa shape index (κ2) is 7.91. The molecule has 1 saturated heterocycles. The lowest BCUT2D eigenvalue weighted by Crippen LogP contribution is -2.26. The predicted octanol–water partition coefficient (Wildman–Crippen LogP) is 0.723. The average molecular weight is 275 g/mol. The van der Waals surface area contributed by atoms with Crippen molar-refractivity contribution in [2.75, 3.05) is 39.5 Å². The Morgan fingerprint density at radius 3 is 2.70 bits per heavy atom. The highest BCUT2D eigenvalue weighted by atomic mass is 16.5. The van der Waals surface area contributed by atoms with Gasteiger partial charge >= 0.3 is 0 Å². The minimum Gasteiger partial charge on any atom is -0.492 e. The van der Waals surface area contributed by atoms with Crippen molar-refractivity contribution in [3.8, 4) is 17.6 Å². The van der Waals surface area contributed by atoms with Crippen molar-refractivity contribution in [1.29, 1.82) is 0 Å². The van der Waals surface area contributed by atoms with E-state index >= 15 is 0 Å². The van der Waals surface area contributed by atoms with Crippen molar-refractivity contribution < 1.29 is 14.9 Å². The number of aliphatic hydroxyl groups is 2. The molecule has 0 aliphatic carbocycles. The SMILES string of the molecule is OCC#Cc1ccc(OCCN2CCC(CO)C2)cc1. The number of hydrogen-bond acceptors (Lipinski definition) is 4. The maximum Gasteiger partial charge on any atom is 0.119 e. The van der Waals surface area contributed by atoms with E-state index in [4.69, 9.17) is 14.9 Å². The maximum absolute atomic E-state index is 9.09. The van der Waals surface area contributed by atoms with Crippen LogP contribution in [0, 0.1) is 17.8 Å². The first kappa shape index (κ1) is 14.9. The molecule has 0 aromatic heterocycles. The molecular weight excluding hydrogens is 254 g/mol. The third-order valence-electron chi connectivity index (χ3n) is 3.47. The lowest BCUT2D eigenvalue weighted by Gasteiger charge is -2.15. The van der Waals surface area contributed by atoms with Crippen LogP contribution in [0.4, 0.5) is 0 Å². The molecule has 1 aromatic rings. The molecule has 2 N–H and O–H groups in total. The van der Waals surface area contributed by atoms with Crippen LogP contribution in [0.15, 0.2) is 24.3 Å². The van der Waals surface area contributed by atoms with Gasteiger partial charge in [0.15, 0.2) is 0 Å². The fourth-order valence-electron chi connectivity index (χ4n) is 2.33. The van der Waals surface area contributed by atoms with Crippen molar-refractivity contribution in [2.45, 2.75) is 6.42 Å². The van der Waals surface area contributed by atoms with Gasteiger partial charge in [0.25, 0.3) is 0 Å². The Kier molecular flexibility index (Phi) is 5.87. The standard InChI is InChI=1S/C16H21NO3/c18-10-1-2-14-3-5-16(6-4-14)20-11-9-17-8-7-15(12-17)13-19/h3-6,15,18-19H,7-13H2. The molecule has 0 bridgehead atoms. The Hall–Kier alpha value is -1.54. The van der Waals surface area contributed by atoms with Crippen molar-refractivity contribution >= 4 is 0 Å². The Bertz CT molecular complexity index is 461. The summed E-state index contributed by atoms with van der Waals surface area (Å²) in [7, 11) is 0. The minimum absolute atomic E-state index is 0.122. The van der Waals surface area contributed by atoms with Gasteiger partial charge in [0.1, 0.15) is 19.0 Å². The molecule has 0 saturated carbocycles. The average Bonchev–Trinajstić information content (AvgIpc) is 2.94.